The molecule has 1 fully saturated rings. The first-order valence-electron chi connectivity index (χ1n) is 11.2. The van der Waals surface area contributed by atoms with E-state index in [9.17, 15) is 14.4 Å². The third-order valence-corrected chi connectivity index (χ3v) is 6.05. The van der Waals surface area contributed by atoms with E-state index in [-0.39, 0.29) is 22.9 Å². The number of imide groups is 2. The van der Waals surface area contributed by atoms with Crippen molar-refractivity contribution in [2.45, 2.75) is 13.5 Å². The van der Waals surface area contributed by atoms with Gasteiger partial charge in [0.1, 0.15) is 17.9 Å². The molecular weight excluding hydrogens is 519 g/mol. The van der Waals surface area contributed by atoms with Crippen molar-refractivity contribution in [2.24, 2.45) is 0 Å². The van der Waals surface area contributed by atoms with E-state index < -0.39 is 17.8 Å². The number of halogens is 2. The van der Waals surface area contributed by atoms with E-state index in [1.807, 2.05) is 18.2 Å². The number of benzene rings is 3. The second kappa shape index (κ2) is 11.4. The van der Waals surface area contributed by atoms with Crippen molar-refractivity contribution >= 4 is 52.8 Å². The van der Waals surface area contributed by atoms with Crippen molar-refractivity contribution in [3.05, 3.63) is 87.4 Å². The molecule has 0 radical (unpaired) electrons. The Morgan fingerprint density at radius 1 is 0.946 bits per heavy atom. The summed E-state index contributed by atoms with van der Waals surface area (Å²) in [5.41, 5.74) is 1.25. The highest BCUT2D eigenvalue weighted by Gasteiger charge is 2.37. The molecule has 3 aromatic carbocycles. The van der Waals surface area contributed by atoms with E-state index in [1.165, 1.54) is 19.3 Å². The van der Waals surface area contributed by atoms with Crippen LogP contribution in [0, 0.1) is 0 Å². The smallest absolute Gasteiger partial charge is 0.335 e. The Kier molecular flexibility index (Phi) is 8.01. The van der Waals surface area contributed by atoms with Gasteiger partial charge in [0.2, 0.25) is 0 Å². The summed E-state index contributed by atoms with van der Waals surface area (Å²) in [6, 6.07) is 15.9. The van der Waals surface area contributed by atoms with Gasteiger partial charge in [-0.1, -0.05) is 41.4 Å². The Hall–Kier alpha value is -4.01. The number of amides is 4. The van der Waals surface area contributed by atoms with Crippen LogP contribution in [0.5, 0.6) is 17.2 Å². The highest BCUT2D eigenvalue weighted by Crippen LogP contribution is 2.37. The summed E-state index contributed by atoms with van der Waals surface area (Å²) in [4.78, 5) is 39.2. The lowest BCUT2D eigenvalue weighted by Gasteiger charge is -2.26. The van der Waals surface area contributed by atoms with Crippen LogP contribution in [0.2, 0.25) is 10.0 Å². The van der Waals surface area contributed by atoms with E-state index in [2.05, 4.69) is 5.32 Å². The number of hydrogen-bond acceptors (Lipinski definition) is 6. The fourth-order valence-electron chi connectivity index (χ4n) is 3.66. The number of barbiturate groups is 1. The molecule has 10 heteroatoms. The molecule has 4 amide bonds. The molecule has 1 saturated heterocycles. The van der Waals surface area contributed by atoms with Gasteiger partial charge in [0.15, 0.2) is 11.5 Å². The molecule has 190 valence electrons. The van der Waals surface area contributed by atoms with Crippen LogP contribution in [0.3, 0.4) is 0 Å². The van der Waals surface area contributed by atoms with E-state index >= 15 is 0 Å². The van der Waals surface area contributed by atoms with Crippen molar-refractivity contribution in [2.75, 3.05) is 18.6 Å². The first-order valence-corrected chi connectivity index (χ1v) is 12.0. The number of rotatable bonds is 8. The van der Waals surface area contributed by atoms with Gasteiger partial charge in [0, 0.05) is 10.6 Å². The number of nitrogens with one attached hydrogen (secondary N) is 1. The monoisotopic (exact) mass is 540 g/mol. The maximum absolute atomic E-state index is 13.2. The van der Waals surface area contributed by atoms with Gasteiger partial charge in [-0.3, -0.25) is 14.9 Å². The number of carbonyl (C=O) groups excluding carboxylic acids is 3. The van der Waals surface area contributed by atoms with Crippen LogP contribution in [-0.4, -0.2) is 31.6 Å². The minimum absolute atomic E-state index is 0.240. The third kappa shape index (κ3) is 5.71. The van der Waals surface area contributed by atoms with Gasteiger partial charge >= 0.3 is 6.03 Å². The number of hydrogen-bond donors (Lipinski definition) is 1. The van der Waals surface area contributed by atoms with E-state index in [0.29, 0.717) is 34.4 Å². The molecule has 4 rings (SSSR count). The Labute approximate surface area is 223 Å². The predicted molar refractivity (Wildman–Crippen MR) is 140 cm³/mol. The lowest BCUT2D eigenvalue weighted by Crippen LogP contribution is -2.54. The van der Waals surface area contributed by atoms with Gasteiger partial charge < -0.3 is 14.2 Å². The van der Waals surface area contributed by atoms with Crippen LogP contribution >= 0.6 is 23.2 Å². The topological polar surface area (TPSA) is 94.2 Å². The zero-order valence-electron chi connectivity index (χ0n) is 19.9. The van der Waals surface area contributed by atoms with Crippen molar-refractivity contribution in [3.8, 4) is 17.2 Å². The highest BCUT2D eigenvalue weighted by molar-refractivity contribution is 6.39. The molecular formula is C27H22Cl2N2O6. The Bertz CT molecular complexity index is 1390. The Morgan fingerprint density at radius 2 is 1.68 bits per heavy atom. The molecule has 3 aromatic rings. The summed E-state index contributed by atoms with van der Waals surface area (Å²) in [5, 5.41) is 3.03. The molecule has 8 nitrogen and oxygen atoms in total. The van der Waals surface area contributed by atoms with E-state index in [1.54, 1.807) is 43.3 Å². The highest BCUT2D eigenvalue weighted by atomic mass is 35.5. The van der Waals surface area contributed by atoms with Crippen LogP contribution < -0.4 is 24.4 Å². The van der Waals surface area contributed by atoms with E-state index in [0.717, 1.165) is 10.5 Å². The fraction of sp³-hybridized carbons (Fsp3) is 0.148. The SMILES string of the molecule is CCOc1cc(/C=C2\C(=O)NC(=O)N(c3ccc(OCc4ccccc4Cl)cc3)C2=O)cc(Cl)c1OC. The van der Waals surface area contributed by atoms with Crippen molar-refractivity contribution in [1.82, 2.24) is 5.32 Å². The number of anilines is 1. The van der Waals surface area contributed by atoms with Gasteiger partial charge in [-0.15, -0.1) is 0 Å². The molecule has 1 aliphatic heterocycles. The van der Waals surface area contributed by atoms with Crippen LogP contribution in [0.4, 0.5) is 10.5 Å². The minimum atomic E-state index is -0.861. The molecule has 0 aliphatic carbocycles. The Morgan fingerprint density at radius 3 is 2.35 bits per heavy atom. The summed E-state index contributed by atoms with van der Waals surface area (Å²) in [5.74, 6) is -0.414. The van der Waals surface area contributed by atoms with Crippen molar-refractivity contribution < 1.29 is 28.6 Å². The zero-order valence-corrected chi connectivity index (χ0v) is 21.4. The molecule has 0 atom stereocenters. The molecule has 0 aromatic heterocycles. The second-order valence-corrected chi connectivity index (χ2v) is 8.61. The summed E-state index contributed by atoms with van der Waals surface area (Å²) in [6.45, 7) is 2.40. The van der Waals surface area contributed by atoms with Crippen LogP contribution in [0.1, 0.15) is 18.1 Å². The first-order chi connectivity index (χ1) is 17.8. The first kappa shape index (κ1) is 26.1. The van der Waals surface area contributed by atoms with E-state index in [4.69, 9.17) is 37.4 Å². The molecule has 1 N–H and O–H groups in total. The average molecular weight is 541 g/mol. The standard InChI is InChI=1S/C27H22Cl2N2O6/c1-3-36-23-14-16(13-22(29)24(23)35-2)12-20-25(32)30-27(34)31(26(20)33)18-8-10-19(11-9-18)37-15-17-6-4-5-7-21(17)28/h4-14H,3,15H2,1-2H3,(H,30,32,34)/b20-12+. The molecule has 0 bridgehead atoms. The average Bonchev–Trinajstić information content (AvgIpc) is 2.87. The quantitative estimate of drug-likeness (QED) is 0.293. The molecule has 0 unspecified atom stereocenters. The minimum Gasteiger partial charge on any atom is -0.491 e. The van der Waals surface area contributed by atoms with Crippen molar-refractivity contribution in [1.29, 1.82) is 0 Å². The summed E-state index contributed by atoms with van der Waals surface area (Å²) in [7, 11) is 1.45. The number of nitrogens with zero attached hydrogens (tertiary/aromatic N) is 1. The third-order valence-electron chi connectivity index (χ3n) is 5.40. The Balaban J connectivity index is 1.58. The lowest BCUT2D eigenvalue weighted by atomic mass is 10.1. The van der Waals surface area contributed by atoms with Crippen molar-refractivity contribution in [3.63, 3.8) is 0 Å². The number of urea groups is 1. The largest absolute Gasteiger partial charge is 0.491 e. The summed E-state index contributed by atoms with van der Waals surface area (Å²) < 4.78 is 16.6. The van der Waals surface area contributed by atoms with Gasteiger partial charge in [0.25, 0.3) is 11.8 Å². The summed E-state index contributed by atoms with van der Waals surface area (Å²) in [6.07, 6.45) is 1.34. The van der Waals surface area contributed by atoms with Gasteiger partial charge in [-0.2, -0.15) is 0 Å². The zero-order chi connectivity index (χ0) is 26.5. The van der Waals surface area contributed by atoms with Crippen LogP contribution in [0.25, 0.3) is 6.08 Å². The molecule has 1 aliphatic rings. The maximum atomic E-state index is 13.2. The van der Waals surface area contributed by atoms with Gasteiger partial charge in [0.05, 0.1) is 24.4 Å². The van der Waals surface area contributed by atoms with Gasteiger partial charge in [-0.25, -0.2) is 9.69 Å². The lowest BCUT2D eigenvalue weighted by molar-refractivity contribution is -0.122. The maximum Gasteiger partial charge on any atom is 0.335 e. The fourth-order valence-corrected chi connectivity index (χ4v) is 4.15. The summed E-state index contributed by atoms with van der Waals surface area (Å²) >= 11 is 12.5. The molecule has 1 heterocycles. The normalized spacial score (nSPS) is 14.5. The van der Waals surface area contributed by atoms with Crippen LogP contribution in [-0.2, 0) is 16.2 Å². The molecule has 0 saturated carbocycles. The molecule has 37 heavy (non-hydrogen) atoms. The molecule has 0 spiro atoms. The van der Waals surface area contributed by atoms with Gasteiger partial charge in [-0.05, 0) is 61.0 Å². The number of ether oxygens (including phenoxy) is 3. The van der Waals surface area contributed by atoms with Crippen LogP contribution in [0.15, 0.2) is 66.2 Å². The number of carbonyl (C=O) groups is 3. The second-order valence-electron chi connectivity index (χ2n) is 7.80. The predicted octanol–water partition coefficient (Wildman–Crippen LogP) is 5.65. The number of methoxy groups -OCH3 is 1.